The van der Waals surface area contributed by atoms with Crippen molar-refractivity contribution in [3.05, 3.63) is 35.6 Å². The number of hydrogen-bond acceptors (Lipinski definition) is 2. The van der Waals surface area contributed by atoms with Gasteiger partial charge in [0.1, 0.15) is 5.82 Å². The van der Waals surface area contributed by atoms with Crippen molar-refractivity contribution in [3.63, 3.8) is 0 Å². The zero-order valence-corrected chi connectivity index (χ0v) is 11.1. The number of halogens is 1. The minimum Gasteiger partial charge on any atom is -0.351 e. The molecule has 1 aromatic carbocycles. The number of hydrogen-bond donors (Lipinski definition) is 2. The fourth-order valence-corrected chi connectivity index (χ4v) is 2.47. The minimum absolute atomic E-state index is 0.172. The van der Waals surface area contributed by atoms with Gasteiger partial charge in [0.15, 0.2) is 0 Å². The Hall–Kier alpha value is -1.62. The second-order valence-corrected chi connectivity index (χ2v) is 5.04. The Morgan fingerprint density at radius 2 is 1.95 bits per heavy atom. The molecular weight excluding hydrogens is 245 g/mol. The molecule has 1 aromatic rings. The van der Waals surface area contributed by atoms with Gasteiger partial charge in [0.05, 0.1) is 0 Å². The standard InChI is InChI=1S/C14H20FN3O/c1-10(11-2-4-12(15)5-3-11)17-13-6-8-18(9-7-13)14(16)19/h2-5,10,13,17H,6-9H2,1H3,(H2,16,19). The monoisotopic (exact) mass is 265 g/mol. The fraction of sp³-hybridized carbons (Fsp3) is 0.500. The summed E-state index contributed by atoms with van der Waals surface area (Å²) in [6.45, 7) is 3.46. The predicted molar refractivity (Wildman–Crippen MR) is 72.1 cm³/mol. The summed E-state index contributed by atoms with van der Waals surface area (Å²) in [5.74, 6) is -0.217. The molecule has 2 amide bonds. The van der Waals surface area contributed by atoms with Gasteiger partial charge in [-0.15, -0.1) is 0 Å². The molecule has 104 valence electrons. The summed E-state index contributed by atoms with van der Waals surface area (Å²) in [6, 6.07) is 6.75. The van der Waals surface area contributed by atoms with E-state index in [4.69, 9.17) is 5.73 Å². The molecule has 4 nitrogen and oxygen atoms in total. The van der Waals surface area contributed by atoms with Gasteiger partial charge in [-0.1, -0.05) is 12.1 Å². The van der Waals surface area contributed by atoms with Gasteiger partial charge >= 0.3 is 6.03 Å². The maximum atomic E-state index is 12.9. The first-order valence-electron chi connectivity index (χ1n) is 6.62. The van der Waals surface area contributed by atoms with E-state index < -0.39 is 0 Å². The first-order chi connectivity index (χ1) is 9.06. The molecule has 2 rings (SSSR count). The van der Waals surface area contributed by atoms with Gasteiger partial charge < -0.3 is 16.0 Å². The summed E-state index contributed by atoms with van der Waals surface area (Å²) in [6.07, 6.45) is 1.79. The first kappa shape index (κ1) is 13.8. The van der Waals surface area contributed by atoms with E-state index in [0.717, 1.165) is 18.4 Å². The van der Waals surface area contributed by atoms with Crippen molar-refractivity contribution >= 4 is 6.03 Å². The van der Waals surface area contributed by atoms with Crippen LogP contribution in [0.1, 0.15) is 31.4 Å². The quantitative estimate of drug-likeness (QED) is 0.878. The normalized spacial score (nSPS) is 18.3. The summed E-state index contributed by atoms with van der Waals surface area (Å²) in [4.78, 5) is 12.7. The molecule has 0 aliphatic carbocycles. The van der Waals surface area contributed by atoms with Crippen molar-refractivity contribution < 1.29 is 9.18 Å². The molecule has 1 saturated heterocycles. The molecule has 1 unspecified atom stereocenters. The number of carbonyl (C=O) groups excluding carboxylic acids is 1. The number of benzene rings is 1. The zero-order valence-electron chi connectivity index (χ0n) is 11.1. The van der Waals surface area contributed by atoms with Crippen LogP contribution in [0.5, 0.6) is 0 Å². The van der Waals surface area contributed by atoms with Gasteiger partial charge in [0.2, 0.25) is 0 Å². The van der Waals surface area contributed by atoms with Crippen molar-refractivity contribution in [2.24, 2.45) is 5.73 Å². The van der Waals surface area contributed by atoms with Gasteiger partial charge in [-0.25, -0.2) is 9.18 Å². The number of piperidine rings is 1. The molecule has 1 heterocycles. The number of nitrogens with two attached hydrogens (primary N) is 1. The molecule has 0 radical (unpaired) electrons. The molecule has 1 aliphatic heterocycles. The highest BCUT2D eigenvalue weighted by Crippen LogP contribution is 2.17. The lowest BCUT2D eigenvalue weighted by molar-refractivity contribution is 0.183. The SMILES string of the molecule is CC(NC1CCN(C(N)=O)CC1)c1ccc(F)cc1. The van der Waals surface area contributed by atoms with E-state index >= 15 is 0 Å². The topological polar surface area (TPSA) is 58.4 Å². The third-order valence-corrected chi connectivity index (χ3v) is 3.66. The highest BCUT2D eigenvalue weighted by Gasteiger charge is 2.22. The van der Waals surface area contributed by atoms with Crippen LogP contribution in [-0.4, -0.2) is 30.1 Å². The largest absolute Gasteiger partial charge is 0.351 e. The maximum Gasteiger partial charge on any atom is 0.314 e. The van der Waals surface area contributed by atoms with Gasteiger partial charge in [0, 0.05) is 25.2 Å². The van der Waals surface area contributed by atoms with Crippen LogP contribution in [0.2, 0.25) is 0 Å². The van der Waals surface area contributed by atoms with Gasteiger partial charge in [-0.3, -0.25) is 0 Å². The molecule has 0 saturated carbocycles. The minimum atomic E-state index is -0.343. The summed E-state index contributed by atoms with van der Waals surface area (Å²) >= 11 is 0. The summed E-state index contributed by atoms with van der Waals surface area (Å²) in [5.41, 5.74) is 6.32. The fourth-order valence-electron chi connectivity index (χ4n) is 2.47. The van der Waals surface area contributed by atoms with E-state index in [-0.39, 0.29) is 17.9 Å². The van der Waals surface area contributed by atoms with Crippen molar-refractivity contribution in [2.45, 2.75) is 31.8 Å². The van der Waals surface area contributed by atoms with Crippen molar-refractivity contribution in [1.29, 1.82) is 0 Å². The lowest BCUT2D eigenvalue weighted by atomic mass is 10.0. The number of urea groups is 1. The molecule has 0 aromatic heterocycles. The molecule has 5 heteroatoms. The van der Waals surface area contributed by atoms with E-state index in [1.54, 1.807) is 17.0 Å². The van der Waals surface area contributed by atoms with Crippen LogP contribution in [0.15, 0.2) is 24.3 Å². The molecular formula is C14H20FN3O. The van der Waals surface area contributed by atoms with Crippen LogP contribution < -0.4 is 11.1 Å². The van der Waals surface area contributed by atoms with Gasteiger partial charge in [0.25, 0.3) is 0 Å². The predicted octanol–water partition coefficient (Wildman–Crippen LogP) is 2.02. The number of nitrogens with zero attached hydrogens (tertiary/aromatic N) is 1. The van der Waals surface area contributed by atoms with Crippen molar-refractivity contribution in [2.75, 3.05) is 13.1 Å². The number of carbonyl (C=O) groups is 1. The van der Waals surface area contributed by atoms with Gasteiger partial charge in [-0.2, -0.15) is 0 Å². The average molecular weight is 265 g/mol. The van der Waals surface area contributed by atoms with Crippen LogP contribution in [0.4, 0.5) is 9.18 Å². The third kappa shape index (κ3) is 3.67. The van der Waals surface area contributed by atoms with Crippen LogP contribution in [0, 0.1) is 5.82 Å². The Bertz CT molecular complexity index is 427. The lowest BCUT2D eigenvalue weighted by Gasteiger charge is -2.33. The second kappa shape index (κ2) is 6.02. The molecule has 1 fully saturated rings. The second-order valence-electron chi connectivity index (χ2n) is 5.04. The Kier molecular flexibility index (Phi) is 4.37. The molecule has 1 aliphatic rings. The van der Waals surface area contributed by atoms with E-state index in [0.29, 0.717) is 19.1 Å². The van der Waals surface area contributed by atoms with Crippen LogP contribution in [-0.2, 0) is 0 Å². The van der Waals surface area contributed by atoms with E-state index in [2.05, 4.69) is 12.2 Å². The summed E-state index contributed by atoms with van der Waals surface area (Å²) in [7, 11) is 0. The lowest BCUT2D eigenvalue weighted by Crippen LogP contribution is -2.47. The number of likely N-dealkylation sites (tertiary alicyclic amines) is 1. The van der Waals surface area contributed by atoms with Gasteiger partial charge in [-0.05, 0) is 37.5 Å². The van der Waals surface area contributed by atoms with Crippen molar-refractivity contribution in [1.82, 2.24) is 10.2 Å². The zero-order chi connectivity index (χ0) is 13.8. The third-order valence-electron chi connectivity index (χ3n) is 3.66. The van der Waals surface area contributed by atoms with E-state index in [1.807, 2.05) is 0 Å². The molecule has 1 atom stereocenters. The molecule has 0 bridgehead atoms. The highest BCUT2D eigenvalue weighted by atomic mass is 19.1. The number of primary amides is 1. The Labute approximate surface area is 112 Å². The van der Waals surface area contributed by atoms with Crippen molar-refractivity contribution in [3.8, 4) is 0 Å². The first-order valence-corrected chi connectivity index (χ1v) is 6.62. The van der Waals surface area contributed by atoms with Crippen LogP contribution in [0.25, 0.3) is 0 Å². The maximum absolute atomic E-state index is 12.9. The van der Waals surface area contributed by atoms with E-state index in [1.165, 1.54) is 12.1 Å². The Morgan fingerprint density at radius 1 is 1.37 bits per heavy atom. The smallest absolute Gasteiger partial charge is 0.314 e. The summed E-state index contributed by atoms with van der Waals surface area (Å²) < 4.78 is 12.9. The molecule has 3 N–H and O–H groups in total. The number of nitrogens with one attached hydrogen (secondary N) is 1. The average Bonchev–Trinajstić information content (AvgIpc) is 2.40. The summed E-state index contributed by atoms with van der Waals surface area (Å²) in [5, 5.41) is 3.51. The number of rotatable bonds is 3. The van der Waals surface area contributed by atoms with Crippen LogP contribution >= 0.6 is 0 Å². The Morgan fingerprint density at radius 3 is 2.47 bits per heavy atom. The molecule has 0 spiro atoms. The van der Waals surface area contributed by atoms with E-state index in [9.17, 15) is 9.18 Å². The highest BCUT2D eigenvalue weighted by molar-refractivity contribution is 5.72. The number of amides is 2. The van der Waals surface area contributed by atoms with Crippen LogP contribution in [0.3, 0.4) is 0 Å². The molecule has 19 heavy (non-hydrogen) atoms. The Balaban J connectivity index is 1.85.